The summed E-state index contributed by atoms with van der Waals surface area (Å²) in [6.07, 6.45) is 0.989. The van der Waals surface area contributed by atoms with Crippen molar-refractivity contribution in [2.75, 3.05) is 13.2 Å². The molecule has 2 aromatic rings. The molecule has 3 N–H and O–H groups in total. The van der Waals surface area contributed by atoms with Crippen LogP contribution < -0.4 is 20.9 Å². The Morgan fingerprint density at radius 1 is 1.23 bits per heavy atom. The molecular formula is C21H27N3O2. The fourth-order valence-electron chi connectivity index (χ4n) is 3.16. The smallest absolute Gasteiger partial charge is 0.226 e. The third kappa shape index (κ3) is 4.62. The van der Waals surface area contributed by atoms with Crippen LogP contribution in [0.4, 0.5) is 0 Å². The maximum absolute atomic E-state index is 12.7. The molecule has 1 aliphatic rings. The highest BCUT2D eigenvalue weighted by molar-refractivity contribution is 5.80. The van der Waals surface area contributed by atoms with Gasteiger partial charge in [0.25, 0.3) is 0 Å². The van der Waals surface area contributed by atoms with Crippen LogP contribution in [-0.2, 0) is 11.3 Å². The van der Waals surface area contributed by atoms with E-state index in [1.54, 1.807) is 0 Å². The molecule has 5 heteroatoms. The monoisotopic (exact) mass is 353 g/mol. The molecule has 138 valence electrons. The Morgan fingerprint density at radius 2 is 2.04 bits per heavy atom. The summed E-state index contributed by atoms with van der Waals surface area (Å²) < 4.78 is 5.59. The first-order chi connectivity index (χ1) is 12.7. The largest absolute Gasteiger partial charge is 0.494 e. The van der Waals surface area contributed by atoms with Gasteiger partial charge in [-0.15, -0.1) is 0 Å². The number of benzene rings is 2. The van der Waals surface area contributed by atoms with Crippen molar-refractivity contribution in [1.29, 1.82) is 0 Å². The van der Waals surface area contributed by atoms with Gasteiger partial charge in [-0.25, -0.2) is 5.43 Å². The summed E-state index contributed by atoms with van der Waals surface area (Å²) in [4.78, 5) is 12.7. The van der Waals surface area contributed by atoms with Crippen LogP contribution in [0.5, 0.6) is 5.75 Å². The molecule has 1 aliphatic heterocycles. The number of hydrogen-bond donors (Lipinski definition) is 3. The van der Waals surface area contributed by atoms with Crippen LogP contribution in [0.2, 0.25) is 0 Å². The van der Waals surface area contributed by atoms with E-state index in [2.05, 4.69) is 48.2 Å². The number of hydrazine groups is 1. The topological polar surface area (TPSA) is 62.4 Å². The molecule has 1 heterocycles. The predicted molar refractivity (Wildman–Crippen MR) is 103 cm³/mol. The molecule has 0 aliphatic carbocycles. The highest BCUT2D eigenvalue weighted by Gasteiger charge is 2.33. The molecule has 0 saturated carbocycles. The average molecular weight is 353 g/mol. The van der Waals surface area contributed by atoms with Gasteiger partial charge in [-0.3, -0.25) is 10.2 Å². The predicted octanol–water partition coefficient (Wildman–Crippen LogP) is 2.87. The molecule has 1 saturated heterocycles. The van der Waals surface area contributed by atoms with Crippen molar-refractivity contribution in [2.24, 2.45) is 5.92 Å². The number of nitrogens with one attached hydrogen (secondary N) is 3. The molecule has 2 atom stereocenters. The second-order valence-corrected chi connectivity index (χ2v) is 6.73. The molecular weight excluding hydrogens is 326 g/mol. The fraction of sp³-hybridized carbons (Fsp3) is 0.381. The Balaban J connectivity index is 1.57. The molecule has 26 heavy (non-hydrogen) atoms. The van der Waals surface area contributed by atoms with Crippen LogP contribution >= 0.6 is 0 Å². The molecule has 0 bridgehead atoms. The molecule has 0 radical (unpaired) electrons. The Morgan fingerprint density at radius 3 is 2.77 bits per heavy atom. The summed E-state index contributed by atoms with van der Waals surface area (Å²) in [6.45, 7) is 6.01. The fourth-order valence-corrected chi connectivity index (χ4v) is 3.16. The van der Waals surface area contributed by atoms with Crippen molar-refractivity contribution in [2.45, 2.75) is 32.9 Å². The lowest BCUT2D eigenvalue weighted by molar-refractivity contribution is -0.125. The van der Waals surface area contributed by atoms with Crippen molar-refractivity contribution in [3.63, 3.8) is 0 Å². The average Bonchev–Trinajstić information content (AvgIpc) is 3.15. The Labute approximate surface area is 155 Å². The van der Waals surface area contributed by atoms with Crippen molar-refractivity contribution in [3.8, 4) is 5.75 Å². The zero-order valence-electron chi connectivity index (χ0n) is 15.4. The third-order valence-corrected chi connectivity index (χ3v) is 4.58. The highest BCUT2D eigenvalue weighted by Crippen LogP contribution is 2.25. The van der Waals surface area contributed by atoms with Gasteiger partial charge in [0.15, 0.2) is 0 Å². The number of ether oxygens (including phenoxy) is 1. The first kappa shape index (κ1) is 18.4. The second-order valence-electron chi connectivity index (χ2n) is 6.73. The van der Waals surface area contributed by atoms with Gasteiger partial charge >= 0.3 is 0 Å². The lowest BCUT2D eigenvalue weighted by Gasteiger charge is -2.19. The van der Waals surface area contributed by atoms with E-state index in [1.165, 1.54) is 5.56 Å². The van der Waals surface area contributed by atoms with Gasteiger partial charge in [0, 0.05) is 13.1 Å². The zero-order chi connectivity index (χ0) is 18.4. The number of carbonyl (C=O) groups is 1. The summed E-state index contributed by atoms with van der Waals surface area (Å²) in [5, 5.41) is 3.06. The highest BCUT2D eigenvalue weighted by atomic mass is 16.5. The number of rotatable bonds is 7. The van der Waals surface area contributed by atoms with Crippen LogP contribution in [0.15, 0.2) is 48.5 Å². The van der Waals surface area contributed by atoms with Crippen molar-refractivity contribution >= 4 is 5.91 Å². The van der Waals surface area contributed by atoms with Crippen molar-refractivity contribution in [3.05, 3.63) is 65.2 Å². The molecule has 5 nitrogen and oxygen atoms in total. The van der Waals surface area contributed by atoms with Gasteiger partial charge in [0.05, 0.1) is 18.6 Å². The maximum Gasteiger partial charge on any atom is 0.226 e. The lowest BCUT2D eigenvalue weighted by atomic mass is 9.93. The van der Waals surface area contributed by atoms with Gasteiger partial charge in [0.2, 0.25) is 5.91 Å². The first-order valence-electron chi connectivity index (χ1n) is 9.22. The Hall–Kier alpha value is -2.37. The van der Waals surface area contributed by atoms with Crippen LogP contribution in [-0.4, -0.2) is 19.1 Å². The van der Waals surface area contributed by atoms with E-state index in [0.29, 0.717) is 13.1 Å². The summed E-state index contributed by atoms with van der Waals surface area (Å²) in [6, 6.07) is 16.2. The number of hydrogen-bond acceptors (Lipinski definition) is 4. The number of aryl methyl sites for hydroxylation is 1. The summed E-state index contributed by atoms with van der Waals surface area (Å²) in [5.41, 5.74) is 9.74. The van der Waals surface area contributed by atoms with Crippen molar-refractivity contribution in [1.82, 2.24) is 16.2 Å². The minimum absolute atomic E-state index is 0.0141. The molecule has 2 unspecified atom stereocenters. The minimum atomic E-state index is -0.135. The third-order valence-electron chi connectivity index (χ3n) is 4.58. The normalized spacial score (nSPS) is 19.3. The maximum atomic E-state index is 12.7. The molecule has 1 fully saturated rings. The van der Waals surface area contributed by atoms with Crippen LogP contribution in [0.25, 0.3) is 0 Å². The van der Waals surface area contributed by atoms with E-state index >= 15 is 0 Å². The van der Waals surface area contributed by atoms with Gasteiger partial charge in [-0.2, -0.15) is 0 Å². The lowest BCUT2D eigenvalue weighted by Crippen LogP contribution is -2.34. The molecule has 3 rings (SSSR count). The van der Waals surface area contributed by atoms with Gasteiger partial charge in [-0.1, -0.05) is 48.9 Å². The summed E-state index contributed by atoms with van der Waals surface area (Å²) in [7, 11) is 0. The SMILES string of the molecule is CCCOc1ccc(CNC(=O)C2CNNC2c2cccc(C)c2)cc1. The first-order valence-corrected chi connectivity index (χ1v) is 9.22. The quantitative estimate of drug-likeness (QED) is 0.716. The molecule has 1 amide bonds. The second kappa shape index (κ2) is 8.83. The van der Waals surface area contributed by atoms with E-state index in [4.69, 9.17) is 4.74 Å². The van der Waals surface area contributed by atoms with E-state index < -0.39 is 0 Å². The Bertz CT molecular complexity index is 730. The van der Waals surface area contributed by atoms with E-state index in [9.17, 15) is 4.79 Å². The van der Waals surface area contributed by atoms with Crippen molar-refractivity contribution < 1.29 is 9.53 Å². The molecule has 2 aromatic carbocycles. The van der Waals surface area contributed by atoms with E-state index in [0.717, 1.165) is 29.9 Å². The van der Waals surface area contributed by atoms with Crippen LogP contribution in [0.3, 0.4) is 0 Å². The van der Waals surface area contributed by atoms with Gasteiger partial charge in [0.1, 0.15) is 5.75 Å². The summed E-state index contributed by atoms with van der Waals surface area (Å²) in [5.74, 6) is 0.787. The standard InChI is InChI=1S/C21H27N3O2/c1-3-11-26-18-9-7-16(8-10-18)13-22-21(25)19-14-23-24-20(19)17-6-4-5-15(2)12-17/h4-10,12,19-20,23-24H,3,11,13-14H2,1-2H3,(H,22,25). The number of carbonyl (C=O) groups excluding carboxylic acids is 1. The van der Waals surface area contributed by atoms with Gasteiger partial charge in [-0.05, 0) is 36.6 Å². The summed E-state index contributed by atoms with van der Waals surface area (Å²) >= 11 is 0. The molecule has 0 spiro atoms. The Kier molecular flexibility index (Phi) is 6.26. The minimum Gasteiger partial charge on any atom is -0.494 e. The molecule has 0 aromatic heterocycles. The number of amides is 1. The van der Waals surface area contributed by atoms with Crippen LogP contribution in [0, 0.1) is 12.8 Å². The zero-order valence-corrected chi connectivity index (χ0v) is 15.4. The van der Waals surface area contributed by atoms with E-state index in [1.807, 2.05) is 30.3 Å². The van der Waals surface area contributed by atoms with Crippen LogP contribution in [0.1, 0.15) is 36.1 Å². The van der Waals surface area contributed by atoms with Gasteiger partial charge < -0.3 is 10.1 Å². The van der Waals surface area contributed by atoms with E-state index in [-0.39, 0.29) is 17.9 Å².